The number of amides is 1. The molecule has 0 radical (unpaired) electrons. The number of nitrogens with zero attached hydrogens (tertiary/aromatic N) is 2. The molecule has 0 heterocycles. The second-order valence-corrected chi connectivity index (χ2v) is 5.86. The SMILES string of the molecule is Cc1c(C(=O)N(Cc2ccccc2)C2CC2)cccc1[N+](=O)[O-]. The monoisotopic (exact) mass is 310 g/mol. The molecule has 1 aliphatic rings. The van der Waals surface area contributed by atoms with Crippen LogP contribution in [0.5, 0.6) is 0 Å². The van der Waals surface area contributed by atoms with E-state index in [4.69, 9.17) is 0 Å². The Bertz CT molecular complexity index is 739. The van der Waals surface area contributed by atoms with Crippen molar-refractivity contribution in [3.05, 3.63) is 75.3 Å². The van der Waals surface area contributed by atoms with Gasteiger partial charge in [-0.25, -0.2) is 0 Å². The highest BCUT2D eigenvalue weighted by Crippen LogP contribution is 2.31. The first-order valence-electron chi connectivity index (χ1n) is 7.67. The third kappa shape index (κ3) is 3.23. The van der Waals surface area contributed by atoms with E-state index in [0.29, 0.717) is 17.7 Å². The number of nitro groups is 1. The third-order valence-corrected chi connectivity index (χ3v) is 4.18. The normalized spacial score (nSPS) is 13.6. The van der Waals surface area contributed by atoms with E-state index < -0.39 is 4.92 Å². The second kappa shape index (κ2) is 6.20. The van der Waals surface area contributed by atoms with Gasteiger partial charge in [0.2, 0.25) is 0 Å². The first-order chi connectivity index (χ1) is 11.1. The molecule has 1 aliphatic carbocycles. The lowest BCUT2D eigenvalue weighted by Crippen LogP contribution is -2.33. The molecule has 3 rings (SSSR count). The van der Waals surface area contributed by atoms with E-state index in [1.807, 2.05) is 35.2 Å². The van der Waals surface area contributed by atoms with Crippen LogP contribution in [0.2, 0.25) is 0 Å². The van der Waals surface area contributed by atoms with Crippen molar-refractivity contribution in [2.45, 2.75) is 32.4 Å². The van der Waals surface area contributed by atoms with Crippen LogP contribution in [0.1, 0.15) is 34.3 Å². The summed E-state index contributed by atoms with van der Waals surface area (Å²) in [4.78, 5) is 25.4. The standard InChI is InChI=1S/C18H18N2O3/c1-13-16(8-5-9-17(13)20(22)23)18(21)19(15-10-11-15)12-14-6-3-2-4-7-14/h2-9,15H,10-12H2,1H3. The maximum Gasteiger partial charge on any atom is 0.273 e. The van der Waals surface area contributed by atoms with Gasteiger partial charge in [0.25, 0.3) is 11.6 Å². The molecule has 1 fully saturated rings. The smallest absolute Gasteiger partial charge is 0.273 e. The van der Waals surface area contributed by atoms with Gasteiger partial charge in [0.05, 0.1) is 4.92 Å². The average Bonchev–Trinajstić information content (AvgIpc) is 3.38. The van der Waals surface area contributed by atoms with E-state index in [9.17, 15) is 14.9 Å². The minimum absolute atomic E-state index is 0.00805. The topological polar surface area (TPSA) is 63.5 Å². The van der Waals surface area contributed by atoms with Gasteiger partial charge in [-0.1, -0.05) is 36.4 Å². The number of carbonyl (C=O) groups excluding carboxylic acids is 1. The van der Waals surface area contributed by atoms with Crippen LogP contribution in [0.25, 0.3) is 0 Å². The quantitative estimate of drug-likeness (QED) is 0.624. The largest absolute Gasteiger partial charge is 0.331 e. The van der Waals surface area contributed by atoms with Gasteiger partial charge in [0.15, 0.2) is 0 Å². The molecule has 2 aromatic carbocycles. The van der Waals surface area contributed by atoms with Gasteiger partial charge in [-0.05, 0) is 31.4 Å². The molecular formula is C18H18N2O3. The molecule has 0 aliphatic heterocycles. The number of rotatable bonds is 5. The molecule has 0 aromatic heterocycles. The lowest BCUT2D eigenvalue weighted by Gasteiger charge is -2.23. The molecule has 0 bridgehead atoms. The Morgan fingerprint density at radius 1 is 1.17 bits per heavy atom. The average molecular weight is 310 g/mol. The zero-order chi connectivity index (χ0) is 16.4. The van der Waals surface area contributed by atoms with Crippen LogP contribution in [-0.2, 0) is 6.54 Å². The number of hydrogen-bond donors (Lipinski definition) is 0. The molecule has 0 saturated heterocycles. The molecular weight excluding hydrogens is 292 g/mol. The molecule has 0 N–H and O–H groups in total. The lowest BCUT2D eigenvalue weighted by atomic mass is 10.0. The van der Waals surface area contributed by atoms with Gasteiger partial charge in [0, 0.05) is 29.8 Å². The molecule has 0 unspecified atom stereocenters. The third-order valence-electron chi connectivity index (χ3n) is 4.18. The van der Waals surface area contributed by atoms with Gasteiger partial charge in [0.1, 0.15) is 0 Å². The molecule has 1 amide bonds. The Kier molecular flexibility index (Phi) is 4.10. The zero-order valence-corrected chi connectivity index (χ0v) is 12.9. The predicted molar refractivity (Wildman–Crippen MR) is 87.2 cm³/mol. The summed E-state index contributed by atoms with van der Waals surface area (Å²) >= 11 is 0. The predicted octanol–water partition coefficient (Wildman–Crippen LogP) is 3.71. The zero-order valence-electron chi connectivity index (χ0n) is 12.9. The fraction of sp³-hybridized carbons (Fsp3) is 0.278. The second-order valence-electron chi connectivity index (χ2n) is 5.86. The van der Waals surface area contributed by atoms with E-state index in [1.165, 1.54) is 6.07 Å². The van der Waals surface area contributed by atoms with Crippen LogP contribution in [0, 0.1) is 17.0 Å². The highest BCUT2D eigenvalue weighted by Gasteiger charge is 2.34. The van der Waals surface area contributed by atoms with Gasteiger partial charge >= 0.3 is 0 Å². The molecule has 23 heavy (non-hydrogen) atoms. The minimum atomic E-state index is -0.440. The van der Waals surface area contributed by atoms with Crippen molar-refractivity contribution < 1.29 is 9.72 Å². The summed E-state index contributed by atoms with van der Waals surface area (Å²) in [6, 6.07) is 14.7. The van der Waals surface area contributed by atoms with E-state index in [1.54, 1.807) is 19.1 Å². The summed E-state index contributed by atoms with van der Waals surface area (Å²) in [6.07, 6.45) is 1.99. The highest BCUT2D eigenvalue weighted by molar-refractivity contribution is 5.97. The summed E-state index contributed by atoms with van der Waals surface area (Å²) in [5, 5.41) is 11.1. The summed E-state index contributed by atoms with van der Waals surface area (Å²) in [6.45, 7) is 2.17. The Morgan fingerprint density at radius 3 is 2.48 bits per heavy atom. The van der Waals surface area contributed by atoms with Crippen molar-refractivity contribution >= 4 is 11.6 Å². The van der Waals surface area contributed by atoms with E-state index >= 15 is 0 Å². The van der Waals surface area contributed by atoms with Crippen molar-refractivity contribution in [3.8, 4) is 0 Å². The van der Waals surface area contributed by atoms with Crippen LogP contribution in [0.4, 0.5) is 5.69 Å². The van der Waals surface area contributed by atoms with Crippen LogP contribution in [-0.4, -0.2) is 21.8 Å². The first kappa shape index (κ1) is 15.2. The number of nitro benzene ring substituents is 1. The van der Waals surface area contributed by atoms with Crippen molar-refractivity contribution in [2.24, 2.45) is 0 Å². The summed E-state index contributed by atoms with van der Waals surface area (Å²) in [5.41, 5.74) is 1.91. The molecule has 118 valence electrons. The summed E-state index contributed by atoms with van der Waals surface area (Å²) in [5.74, 6) is -0.127. The number of carbonyl (C=O) groups is 1. The van der Waals surface area contributed by atoms with Crippen LogP contribution >= 0.6 is 0 Å². The Morgan fingerprint density at radius 2 is 1.87 bits per heavy atom. The fourth-order valence-corrected chi connectivity index (χ4v) is 2.74. The minimum Gasteiger partial charge on any atom is -0.331 e. The molecule has 2 aromatic rings. The Labute approximate surface area is 134 Å². The maximum atomic E-state index is 12.9. The summed E-state index contributed by atoms with van der Waals surface area (Å²) < 4.78 is 0. The van der Waals surface area contributed by atoms with Gasteiger partial charge in [-0.15, -0.1) is 0 Å². The van der Waals surface area contributed by atoms with E-state index in [2.05, 4.69) is 0 Å². The van der Waals surface area contributed by atoms with E-state index in [-0.39, 0.29) is 17.6 Å². The van der Waals surface area contributed by atoms with E-state index in [0.717, 1.165) is 18.4 Å². The molecule has 0 spiro atoms. The van der Waals surface area contributed by atoms with Crippen molar-refractivity contribution in [1.82, 2.24) is 4.90 Å². The van der Waals surface area contributed by atoms with Gasteiger partial charge in [-0.3, -0.25) is 14.9 Å². The Hall–Kier alpha value is -2.69. The Balaban J connectivity index is 1.90. The molecule has 1 saturated carbocycles. The molecule has 5 nitrogen and oxygen atoms in total. The maximum absolute atomic E-state index is 12.9. The number of hydrogen-bond acceptors (Lipinski definition) is 3. The highest BCUT2D eigenvalue weighted by atomic mass is 16.6. The van der Waals surface area contributed by atoms with Crippen molar-refractivity contribution in [3.63, 3.8) is 0 Å². The number of benzene rings is 2. The van der Waals surface area contributed by atoms with Crippen LogP contribution in [0.3, 0.4) is 0 Å². The van der Waals surface area contributed by atoms with Crippen LogP contribution < -0.4 is 0 Å². The molecule has 5 heteroatoms. The molecule has 0 atom stereocenters. The lowest BCUT2D eigenvalue weighted by molar-refractivity contribution is -0.385. The van der Waals surface area contributed by atoms with Crippen molar-refractivity contribution in [1.29, 1.82) is 0 Å². The van der Waals surface area contributed by atoms with Crippen molar-refractivity contribution in [2.75, 3.05) is 0 Å². The van der Waals surface area contributed by atoms with Gasteiger partial charge < -0.3 is 4.90 Å². The first-order valence-corrected chi connectivity index (χ1v) is 7.67. The van der Waals surface area contributed by atoms with Crippen LogP contribution in [0.15, 0.2) is 48.5 Å². The van der Waals surface area contributed by atoms with Gasteiger partial charge in [-0.2, -0.15) is 0 Å². The summed E-state index contributed by atoms with van der Waals surface area (Å²) in [7, 11) is 0. The fourth-order valence-electron chi connectivity index (χ4n) is 2.74.